The molecule has 1 aliphatic carbocycles. The van der Waals surface area contributed by atoms with E-state index in [9.17, 15) is 13.2 Å². The lowest BCUT2D eigenvalue weighted by atomic mass is 9.95. The molecule has 1 aromatic carbocycles. The summed E-state index contributed by atoms with van der Waals surface area (Å²) in [6.07, 6.45) is 2.11. The molecule has 7 heteroatoms. The van der Waals surface area contributed by atoms with Gasteiger partial charge in [0.1, 0.15) is 0 Å². The molecule has 6 nitrogen and oxygen atoms in total. The van der Waals surface area contributed by atoms with Gasteiger partial charge in [0, 0.05) is 18.2 Å². The van der Waals surface area contributed by atoms with E-state index < -0.39 is 15.6 Å². The molecule has 1 atom stereocenters. The zero-order valence-corrected chi connectivity index (χ0v) is 14.6. The molecule has 1 amide bonds. The fourth-order valence-corrected chi connectivity index (χ4v) is 3.85. The summed E-state index contributed by atoms with van der Waals surface area (Å²) in [6.45, 7) is 5.78. The van der Waals surface area contributed by atoms with Gasteiger partial charge in [-0.15, -0.1) is 0 Å². The summed E-state index contributed by atoms with van der Waals surface area (Å²) in [5.41, 5.74) is 5.68. The predicted molar refractivity (Wildman–Crippen MR) is 89.5 cm³/mol. The molecule has 0 bridgehead atoms. The molecule has 0 aromatic heterocycles. The Bertz CT molecular complexity index is 684. The van der Waals surface area contributed by atoms with Gasteiger partial charge in [-0.3, -0.25) is 4.79 Å². The van der Waals surface area contributed by atoms with Gasteiger partial charge in [-0.25, -0.2) is 13.1 Å². The molecule has 0 saturated heterocycles. The third kappa shape index (κ3) is 4.31. The Balaban J connectivity index is 2.21. The van der Waals surface area contributed by atoms with Crippen LogP contribution in [0.2, 0.25) is 0 Å². The molecular formula is C16H25N3O3S. The number of amides is 1. The average molecular weight is 339 g/mol. The molecule has 1 aliphatic rings. The largest absolute Gasteiger partial charge is 0.345 e. The van der Waals surface area contributed by atoms with Crippen LogP contribution in [0.1, 0.15) is 44.0 Å². The van der Waals surface area contributed by atoms with Gasteiger partial charge in [0.25, 0.3) is 5.91 Å². The molecule has 2 rings (SSSR count). The monoisotopic (exact) mass is 339 g/mol. The van der Waals surface area contributed by atoms with Gasteiger partial charge in [0.15, 0.2) is 0 Å². The van der Waals surface area contributed by atoms with Gasteiger partial charge in [0.2, 0.25) is 10.0 Å². The number of carbonyl (C=O) groups is 1. The topological polar surface area (TPSA) is 101 Å². The highest BCUT2D eigenvalue weighted by Gasteiger charge is 2.41. The van der Waals surface area contributed by atoms with Gasteiger partial charge in [-0.2, -0.15) is 0 Å². The molecule has 0 aliphatic heterocycles. The number of benzene rings is 1. The van der Waals surface area contributed by atoms with Gasteiger partial charge in [-0.05, 0) is 57.7 Å². The summed E-state index contributed by atoms with van der Waals surface area (Å²) >= 11 is 0. The summed E-state index contributed by atoms with van der Waals surface area (Å²) in [5, 5.41) is 2.96. The second-order valence-corrected chi connectivity index (χ2v) is 8.37. The first-order chi connectivity index (χ1) is 10.7. The Hall–Kier alpha value is -1.44. The maximum Gasteiger partial charge on any atom is 0.251 e. The number of hydrogen-bond donors (Lipinski definition) is 3. The van der Waals surface area contributed by atoms with Crippen LogP contribution < -0.4 is 15.8 Å². The van der Waals surface area contributed by atoms with Crippen molar-refractivity contribution in [1.82, 2.24) is 10.0 Å². The van der Waals surface area contributed by atoms with Gasteiger partial charge < -0.3 is 11.1 Å². The van der Waals surface area contributed by atoms with Crippen LogP contribution in [0.3, 0.4) is 0 Å². The SMILES string of the molecule is CC(C)NS(=O)(=O)c1cccc(C(=O)NC(C)(CN)C2CC2)c1. The second-order valence-electron chi connectivity index (χ2n) is 6.65. The lowest BCUT2D eigenvalue weighted by Crippen LogP contribution is -2.53. The average Bonchev–Trinajstić information content (AvgIpc) is 3.31. The van der Waals surface area contributed by atoms with Gasteiger partial charge in [0.05, 0.1) is 10.4 Å². The van der Waals surface area contributed by atoms with Crippen LogP contribution in [0, 0.1) is 5.92 Å². The zero-order valence-electron chi connectivity index (χ0n) is 13.8. The van der Waals surface area contributed by atoms with Crippen LogP contribution in [0.25, 0.3) is 0 Å². The van der Waals surface area contributed by atoms with Crippen molar-refractivity contribution < 1.29 is 13.2 Å². The summed E-state index contributed by atoms with van der Waals surface area (Å²) < 4.78 is 26.9. The quantitative estimate of drug-likeness (QED) is 0.695. The minimum absolute atomic E-state index is 0.0831. The van der Waals surface area contributed by atoms with E-state index >= 15 is 0 Å². The van der Waals surface area contributed by atoms with E-state index in [0.29, 0.717) is 18.0 Å². The highest BCUT2D eigenvalue weighted by Crippen LogP contribution is 2.39. The number of sulfonamides is 1. The van der Waals surface area contributed by atoms with E-state index in [2.05, 4.69) is 10.0 Å². The van der Waals surface area contributed by atoms with Crippen LogP contribution in [0.4, 0.5) is 0 Å². The number of rotatable bonds is 7. The third-order valence-corrected chi connectivity index (χ3v) is 5.76. The summed E-state index contributed by atoms with van der Waals surface area (Å²) in [7, 11) is -3.62. The van der Waals surface area contributed by atoms with Crippen LogP contribution in [0.5, 0.6) is 0 Å². The molecule has 1 fully saturated rings. The molecule has 0 heterocycles. The Morgan fingerprint density at radius 2 is 2.04 bits per heavy atom. The van der Waals surface area contributed by atoms with E-state index in [1.54, 1.807) is 26.0 Å². The molecule has 0 radical (unpaired) electrons. The smallest absolute Gasteiger partial charge is 0.251 e. The number of nitrogens with two attached hydrogens (primary N) is 1. The second kappa shape index (κ2) is 6.59. The number of carbonyl (C=O) groups excluding carboxylic acids is 1. The first-order valence-electron chi connectivity index (χ1n) is 7.83. The first kappa shape index (κ1) is 17.9. The highest BCUT2D eigenvalue weighted by molar-refractivity contribution is 7.89. The Morgan fingerprint density at radius 3 is 2.57 bits per heavy atom. The standard InChI is InChI=1S/C16H25N3O3S/c1-11(2)19-23(21,22)14-6-4-5-12(9-14)15(20)18-16(3,10-17)13-7-8-13/h4-6,9,11,13,19H,7-8,10,17H2,1-3H3,(H,18,20). The maximum absolute atomic E-state index is 12.5. The van der Waals surface area contributed by atoms with Crippen molar-refractivity contribution in [2.24, 2.45) is 11.7 Å². The van der Waals surface area contributed by atoms with Crippen molar-refractivity contribution in [3.63, 3.8) is 0 Å². The van der Waals surface area contributed by atoms with Gasteiger partial charge >= 0.3 is 0 Å². The lowest BCUT2D eigenvalue weighted by molar-refractivity contribution is 0.0897. The molecule has 4 N–H and O–H groups in total. The van der Waals surface area contributed by atoms with E-state index in [0.717, 1.165) is 12.8 Å². The van der Waals surface area contributed by atoms with Crippen molar-refractivity contribution in [1.29, 1.82) is 0 Å². The summed E-state index contributed by atoms with van der Waals surface area (Å²) in [5.74, 6) is 0.0948. The molecule has 128 valence electrons. The van der Waals surface area contributed by atoms with Crippen LogP contribution >= 0.6 is 0 Å². The Labute approximate surface area is 137 Å². The lowest BCUT2D eigenvalue weighted by Gasteiger charge is -2.29. The van der Waals surface area contributed by atoms with Crippen molar-refractivity contribution in [2.75, 3.05) is 6.54 Å². The van der Waals surface area contributed by atoms with E-state index in [4.69, 9.17) is 5.73 Å². The summed E-state index contributed by atoms with van der Waals surface area (Å²) in [6, 6.07) is 5.83. The third-order valence-electron chi connectivity index (χ3n) is 4.10. The van der Waals surface area contributed by atoms with E-state index in [1.165, 1.54) is 12.1 Å². The van der Waals surface area contributed by atoms with Crippen LogP contribution in [0.15, 0.2) is 29.2 Å². The number of hydrogen-bond acceptors (Lipinski definition) is 4. The van der Waals surface area contributed by atoms with Crippen LogP contribution in [-0.2, 0) is 10.0 Å². The summed E-state index contributed by atoms with van der Waals surface area (Å²) in [4.78, 5) is 12.6. The van der Waals surface area contributed by atoms with E-state index in [-0.39, 0.29) is 16.8 Å². The minimum atomic E-state index is -3.62. The first-order valence-corrected chi connectivity index (χ1v) is 9.31. The van der Waals surface area contributed by atoms with Crippen molar-refractivity contribution in [3.8, 4) is 0 Å². The maximum atomic E-state index is 12.5. The predicted octanol–water partition coefficient (Wildman–Crippen LogP) is 1.23. The van der Waals surface area contributed by atoms with Crippen LogP contribution in [-0.4, -0.2) is 32.5 Å². The normalized spacial score (nSPS) is 17.8. The van der Waals surface area contributed by atoms with Gasteiger partial charge in [-0.1, -0.05) is 6.07 Å². The molecule has 1 unspecified atom stereocenters. The molecule has 1 aromatic rings. The molecule has 1 saturated carbocycles. The zero-order chi connectivity index (χ0) is 17.3. The van der Waals surface area contributed by atoms with Crippen molar-refractivity contribution >= 4 is 15.9 Å². The molecular weight excluding hydrogens is 314 g/mol. The van der Waals surface area contributed by atoms with Crippen molar-refractivity contribution in [3.05, 3.63) is 29.8 Å². The minimum Gasteiger partial charge on any atom is -0.345 e. The Kier molecular flexibility index (Phi) is 5.13. The fraction of sp³-hybridized carbons (Fsp3) is 0.562. The highest BCUT2D eigenvalue weighted by atomic mass is 32.2. The number of nitrogens with one attached hydrogen (secondary N) is 2. The van der Waals surface area contributed by atoms with E-state index in [1.807, 2.05) is 6.92 Å². The Morgan fingerprint density at radius 1 is 1.39 bits per heavy atom. The molecule has 0 spiro atoms. The fourth-order valence-electron chi connectivity index (χ4n) is 2.55. The molecule has 23 heavy (non-hydrogen) atoms. The van der Waals surface area contributed by atoms with Crippen molar-refractivity contribution in [2.45, 2.75) is 50.1 Å².